The van der Waals surface area contributed by atoms with Crippen LogP contribution in [-0.4, -0.2) is 27.6 Å². The van der Waals surface area contributed by atoms with Crippen LogP contribution in [0.5, 0.6) is 0 Å². The second-order valence-electron chi connectivity index (χ2n) is 4.66. The number of ether oxygens (including phenoxy) is 1. The maximum absolute atomic E-state index is 11.6. The van der Waals surface area contributed by atoms with Crippen LogP contribution in [0.25, 0.3) is 10.8 Å². The minimum absolute atomic E-state index is 0.233. The Morgan fingerprint density at radius 3 is 2.86 bits per heavy atom. The van der Waals surface area contributed by atoms with Crippen molar-refractivity contribution in [3.63, 3.8) is 0 Å². The van der Waals surface area contributed by atoms with Crippen LogP contribution in [0.4, 0.5) is 0 Å². The van der Waals surface area contributed by atoms with Crippen molar-refractivity contribution in [2.45, 2.75) is 13.5 Å². The first-order valence-corrected chi connectivity index (χ1v) is 6.82. The van der Waals surface area contributed by atoms with Crippen molar-refractivity contribution in [2.24, 2.45) is 0 Å². The predicted molar refractivity (Wildman–Crippen MR) is 79.0 cm³/mol. The summed E-state index contributed by atoms with van der Waals surface area (Å²) in [6.07, 6.45) is 1.61. The van der Waals surface area contributed by atoms with Crippen LogP contribution in [0.15, 0.2) is 48.7 Å². The van der Waals surface area contributed by atoms with E-state index in [-0.39, 0.29) is 5.69 Å². The van der Waals surface area contributed by atoms with Crippen molar-refractivity contribution in [1.29, 1.82) is 0 Å². The molecule has 0 radical (unpaired) electrons. The van der Waals surface area contributed by atoms with Crippen molar-refractivity contribution < 1.29 is 9.53 Å². The van der Waals surface area contributed by atoms with E-state index in [2.05, 4.69) is 28.5 Å². The summed E-state index contributed by atoms with van der Waals surface area (Å²) in [5.74, 6) is -0.443. The Morgan fingerprint density at radius 2 is 2.00 bits per heavy atom. The molecule has 5 heteroatoms. The number of nitrogens with zero attached hydrogens (tertiary/aromatic N) is 3. The number of benzene rings is 2. The van der Waals surface area contributed by atoms with Crippen molar-refractivity contribution in [3.05, 3.63) is 59.9 Å². The third-order valence-electron chi connectivity index (χ3n) is 3.24. The molecule has 106 valence electrons. The summed E-state index contributed by atoms with van der Waals surface area (Å²) in [6, 6.07) is 14.3. The number of hydrogen-bond donors (Lipinski definition) is 0. The first-order valence-electron chi connectivity index (χ1n) is 6.82. The van der Waals surface area contributed by atoms with Gasteiger partial charge in [0.25, 0.3) is 0 Å². The van der Waals surface area contributed by atoms with Crippen molar-refractivity contribution >= 4 is 16.7 Å². The van der Waals surface area contributed by atoms with Crippen LogP contribution in [0, 0.1) is 0 Å². The van der Waals surface area contributed by atoms with Crippen LogP contribution in [0.2, 0.25) is 0 Å². The molecule has 0 aliphatic rings. The maximum atomic E-state index is 11.6. The Kier molecular flexibility index (Phi) is 3.64. The average molecular weight is 281 g/mol. The molecule has 0 N–H and O–H groups in total. The summed E-state index contributed by atoms with van der Waals surface area (Å²) in [7, 11) is 0. The van der Waals surface area contributed by atoms with Gasteiger partial charge < -0.3 is 4.74 Å². The van der Waals surface area contributed by atoms with E-state index in [0.717, 1.165) is 5.56 Å². The van der Waals surface area contributed by atoms with E-state index in [1.54, 1.807) is 17.8 Å². The summed E-state index contributed by atoms with van der Waals surface area (Å²) in [5, 5.41) is 10.2. The van der Waals surface area contributed by atoms with E-state index >= 15 is 0 Å². The summed E-state index contributed by atoms with van der Waals surface area (Å²) in [5.41, 5.74) is 1.37. The number of carbonyl (C=O) groups is 1. The highest BCUT2D eigenvalue weighted by Crippen LogP contribution is 2.19. The van der Waals surface area contributed by atoms with Gasteiger partial charge >= 0.3 is 5.97 Å². The Hall–Kier alpha value is -2.69. The molecule has 1 aromatic heterocycles. The molecule has 0 aliphatic carbocycles. The van der Waals surface area contributed by atoms with Crippen molar-refractivity contribution in [1.82, 2.24) is 15.0 Å². The Morgan fingerprint density at radius 1 is 1.19 bits per heavy atom. The highest BCUT2D eigenvalue weighted by Gasteiger charge is 2.12. The lowest BCUT2D eigenvalue weighted by atomic mass is 10.0. The number of fused-ring (bicyclic) bond motifs is 1. The number of esters is 1. The van der Waals surface area contributed by atoms with Crippen LogP contribution < -0.4 is 0 Å². The van der Waals surface area contributed by atoms with Gasteiger partial charge in [0.05, 0.1) is 19.3 Å². The zero-order valence-corrected chi connectivity index (χ0v) is 11.7. The van der Waals surface area contributed by atoms with E-state index in [4.69, 9.17) is 4.74 Å². The van der Waals surface area contributed by atoms with Gasteiger partial charge in [0.15, 0.2) is 5.69 Å². The quantitative estimate of drug-likeness (QED) is 0.690. The molecule has 0 bridgehead atoms. The molecular formula is C16H15N3O2. The predicted octanol–water partition coefficient (Wildman–Crippen LogP) is 2.66. The first kappa shape index (κ1) is 13.3. The molecule has 0 unspecified atom stereocenters. The molecule has 5 nitrogen and oxygen atoms in total. The lowest BCUT2D eigenvalue weighted by molar-refractivity contribution is 0.0519. The molecule has 2 aromatic carbocycles. The molecule has 0 aliphatic heterocycles. The van der Waals surface area contributed by atoms with Gasteiger partial charge in [0, 0.05) is 0 Å². The fourth-order valence-corrected chi connectivity index (χ4v) is 2.28. The Bertz CT molecular complexity index is 775. The molecule has 0 saturated carbocycles. The van der Waals surface area contributed by atoms with Gasteiger partial charge in [-0.2, -0.15) is 0 Å². The molecule has 1 heterocycles. The largest absolute Gasteiger partial charge is 0.461 e. The number of rotatable bonds is 4. The summed E-state index contributed by atoms with van der Waals surface area (Å²) >= 11 is 0. The maximum Gasteiger partial charge on any atom is 0.360 e. The van der Waals surface area contributed by atoms with Crippen molar-refractivity contribution in [2.75, 3.05) is 6.61 Å². The third-order valence-corrected chi connectivity index (χ3v) is 3.24. The smallest absolute Gasteiger partial charge is 0.360 e. The Balaban J connectivity index is 1.87. The molecule has 0 spiro atoms. The van der Waals surface area contributed by atoms with Gasteiger partial charge in [0.2, 0.25) is 0 Å². The van der Waals surface area contributed by atoms with Crippen LogP contribution in [-0.2, 0) is 11.3 Å². The molecule has 0 fully saturated rings. The lowest BCUT2D eigenvalue weighted by Crippen LogP contribution is -2.05. The second-order valence-corrected chi connectivity index (χ2v) is 4.66. The third kappa shape index (κ3) is 2.76. The van der Waals surface area contributed by atoms with E-state index in [1.807, 2.05) is 24.3 Å². The highest BCUT2D eigenvalue weighted by molar-refractivity contribution is 5.87. The normalized spacial score (nSPS) is 10.7. The molecule has 0 atom stereocenters. The Labute approximate surface area is 122 Å². The van der Waals surface area contributed by atoms with Gasteiger partial charge in [-0.1, -0.05) is 47.7 Å². The highest BCUT2D eigenvalue weighted by atomic mass is 16.5. The van der Waals surface area contributed by atoms with E-state index < -0.39 is 5.97 Å². The standard InChI is InChI=1S/C16H15N3O2/c1-2-21-16(20)15-11-19(18-17-15)10-13-8-5-7-12-6-3-4-9-14(12)13/h3-9,11H,2,10H2,1H3. The molecule has 3 aromatic rings. The van der Waals surface area contributed by atoms with Crippen LogP contribution in [0.3, 0.4) is 0 Å². The summed E-state index contributed by atoms with van der Waals surface area (Å²) in [4.78, 5) is 11.6. The van der Waals surface area contributed by atoms with Gasteiger partial charge in [0.1, 0.15) is 0 Å². The lowest BCUT2D eigenvalue weighted by Gasteiger charge is -2.05. The fraction of sp³-hybridized carbons (Fsp3) is 0.188. The van der Waals surface area contributed by atoms with Crippen LogP contribution >= 0.6 is 0 Å². The van der Waals surface area contributed by atoms with E-state index in [9.17, 15) is 4.79 Å². The molecular weight excluding hydrogens is 266 g/mol. The number of aromatic nitrogens is 3. The minimum Gasteiger partial charge on any atom is -0.461 e. The number of carbonyl (C=O) groups excluding carboxylic acids is 1. The monoisotopic (exact) mass is 281 g/mol. The molecule has 3 rings (SSSR count). The van der Waals surface area contributed by atoms with E-state index in [1.165, 1.54) is 10.8 Å². The zero-order chi connectivity index (χ0) is 14.7. The topological polar surface area (TPSA) is 57.0 Å². The molecule has 0 saturated heterocycles. The SMILES string of the molecule is CCOC(=O)c1cn(Cc2cccc3ccccc23)nn1. The van der Waals surface area contributed by atoms with Gasteiger partial charge in [-0.05, 0) is 23.3 Å². The van der Waals surface area contributed by atoms with Gasteiger partial charge in [-0.25, -0.2) is 9.48 Å². The summed E-state index contributed by atoms with van der Waals surface area (Å²) in [6.45, 7) is 2.65. The average Bonchev–Trinajstić information content (AvgIpc) is 2.97. The van der Waals surface area contributed by atoms with Gasteiger partial charge in [-0.3, -0.25) is 0 Å². The minimum atomic E-state index is -0.443. The first-order chi connectivity index (χ1) is 10.3. The molecule has 0 amide bonds. The summed E-state index contributed by atoms with van der Waals surface area (Å²) < 4.78 is 6.55. The number of hydrogen-bond acceptors (Lipinski definition) is 4. The van der Waals surface area contributed by atoms with E-state index in [0.29, 0.717) is 13.2 Å². The fourth-order valence-electron chi connectivity index (χ4n) is 2.28. The second kappa shape index (κ2) is 5.75. The zero-order valence-electron chi connectivity index (χ0n) is 11.7. The van der Waals surface area contributed by atoms with Crippen molar-refractivity contribution in [3.8, 4) is 0 Å². The van der Waals surface area contributed by atoms with Gasteiger partial charge in [-0.15, -0.1) is 5.10 Å². The molecule has 21 heavy (non-hydrogen) atoms. The van der Waals surface area contributed by atoms with Crippen LogP contribution in [0.1, 0.15) is 23.0 Å².